The molecule has 3 aromatic rings. The summed E-state index contributed by atoms with van der Waals surface area (Å²) in [5.74, 6) is 0.653. The molecule has 3 N–H and O–H groups in total. The topological polar surface area (TPSA) is 110 Å². The van der Waals surface area contributed by atoms with Gasteiger partial charge in [0.25, 0.3) is 5.91 Å². The number of fused-ring (bicyclic) bond motifs is 1. The van der Waals surface area contributed by atoms with Crippen molar-refractivity contribution in [2.45, 2.75) is 44.8 Å². The molecule has 2 fully saturated rings. The van der Waals surface area contributed by atoms with E-state index in [4.69, 9.17) is 15.5 Å². The van der Waals surface area contributed by atoms with Gasteiger partial charge in [0.2, 0.25) is 5.95 Å². The SMILES string of the molecule is Cc1ccc(C(=O)NC2CC2)cc1-c1ccc2nc(N3CCC(OC(N)=O)CC3)ncc2c1. The summed E-state index contributed by atoms with van der Waals surface area (Å²) >= 11 is 0. The summed E-state index contributed by atoms with van der Waals surface area (Å²) in [7, 11) is 0. The lowest BCUT2D eigenvalue weighted by Gasteiger charge is -2.31. The molecule has 2 amide bonds. The number of amides is 2. The molecule has 1 aliphatic carbocycles. The van der Waals surface area contributed by atoms with Crippen molar-refractivity contribution in [1.82, 2.24) is 15.3 Å². The fourth-order valence-electron chi connectivity index (χ4n) is 4.25. The van der Waals surface area contributed by atoms with E-state index in [-0.39, 0.29) is 12.0 Å². The quantitative estimate of drug-likeness (QED) is 0.621. The lowest BCUT2D eigenvalue weighted by atomic mass is 9.97. The van der Waals surface area contributed by atoms with Crippen LogP contribution in [-0.4, -0.2) is 47.2 Å². The number of nitrogens with zero attached hydrogens (tertiary/aromatic N) is 3. The first-order valence-electron chi connectivity index (χ1n) is 11.4. The molecule has 1 aromatic heterocycles. The second kappa shape index (κ2) is 8.69. The molecule has 0 unspecified atom stereocenters. The monoisotopic (exact) mass is 445 g/mol. The normalized spacial score (nSPS) is 16.6. The van der Waals surface area contributed by atoms with Crippen LogP contribution >= 0.6 is 0 Å². The molecule has 33 heavy (non-hydrogen) atoms. The molecule has 5 rings (SSSR count). The lowest BCUT2D eigenvalue weighted by molar-refractivity contribution is 0.0909. The third-order valence-electron chi connectivity index (χ3n) is 6.30. The van der Waals surface area contributed by atoms with Crippen LogP contribution in [0.2, 0.25) is 0 Å². The van der Waals surface area contributed by atoms with Crippen LogP contribution in [0.1, 0.15) is 41.6 Å². The highest BCUT2D eigenvalue weighted by Gasteiger charge is 2.25. The van der Waals surface area contributed by atoms with E-state index in [1.807, 2.05) is 43.5 Å². The summed E-state index contributed by atoms with van der Waals surface area (Å²) < 4.78 is 5.10. The Morgan fingerprint density at radius 1 is 1.09 bits per heavy atom. The van der Waals surface area contributed by atoms with Gasteiger partial charge in [0, 0.05) is 49.1 Å². The zero-order chi connectivity index (χ0) is 22.9. The van der Waals surface area contributed by atoms with Crippen molar-refractivity contribution in [1.29, 1.82) is 0 Å². The molecule has 0 spiro atoms. The Balaban J connectivity index is 1.35. The minimum absolute atomic E-state index is 0.0162. The van der Waals surface area contributed by atoms with E-state index >= 15 is 0 Å². The summed E-state index contributed by atoms with van der Waals surface area (Å²) in [5, 5.41) is 3.99. The first-order chi connectivity index (χ1) is 16.0. The van der Waals surface area contributed by atoms with Gasteiger partial charge in [-0.1, -0.05) is 12.1 Å². The molecule has 2 heterocycles. The Kier molecular flexibility index (Phi) is 5.58. The Labute approximate surface area is 192 Å². The zero-order valence-electron chi connectivity index (χ0n) is 18.6. The molecule has 2 aromatic carbocycles. The van der Waals surface area contributed by atoms with Crippen molar-refractivity contribution in [2.24, 2.45) is 5.73 Å². The number of primary amides is 1. The van der Waals surface area contributed by atoms with E-state index < -0.39 is 6.09 Å². The van der Waals surface area contributed by atoms with Crippen LogP contribution in [0.15, 0.2) is 42.6 Å². The van der Waals surface area contributed by atoms with Crippen molar-refractivity contribution in [3.8, 4) is 11.1 Å². The molecule has 0 radical (unpaired) electrons. The second-order valence-electron chi connectivity index (χ2n) is 8.84. The standard InChI is InChI=1S/C25H27N5O3/c1-15-2-3-17(23(31)28-19-5-6-19)13-21(15)16-4-7-22-18(12-16)14-27-25(29-22)30-10-8-20(9-11-30)33-24(26)32/h2-4,7,12-14,19-20H,5-6,8-11H2,1H3,(H2,26,32)(H,28,31). The van der Waals surface area contributed by atoms with Gasteiger partial charge in [-0.2, -0.15) is 0 Å². The predicted octanol–water partition coefficient (Wildman–Crippen LogP) is 3.56. The number of carbonyl (C=O) groups is 2. The minimum Gasteiger partial charge on any atom is -0.446 e. The molecule has 170 valence electrons. The molecule has 0 bridgehead atoms. The smallest absolute Gasteiger partial charge is 0.404 e. The number of hydrogen-bond acceptors (Lipinski definition) is 6. The van der Waals surface area contributed by atoms with Gasteiger partial charge in [0.05, 0.1) is 5.52 Å². The fraction of sp³-hybridized carbons (Fsp3) is 0.360. The number of ether oxygens (including phenoxy) is 1. The molecular weight excluding hydrogens is 418 g/mol. The summed E-state index contributed by atoms with van der Waals surface area (Å²) in [6, 6.07) is 12.3. The second-order valence-corrected chi connectivity index (χ2v) is 8.84. The van der Waals surface area contributed by atoms with Crippen LogP contribution in [-0.2, 0) is 4.74 Å². The van der Waals surface area contributed by atoms with Crippen LogP contribution in [0.5, 0.6) is 0 Å². The molecule has 1 saturated heterocycles. The van der Waals surface area contributed by atoms with Crippen LogP contribution in [0.3, 0.4) is 0 Å². The number of piperidine rings is 1. The Hall–Kier alpha value is -3.68. The summed E-state index contributed by atoms with van der Waals surface area (Å²) in [6.45, 7) is 3.46. The fourth-order valence-corrected chi connectivity index (χ4v) is 4.25. The average Bonchev–Trinajstić information content (AvgIpc) is 3.63. The van der Waals surface area contributed by atoms with Crippen LogP contribution in [0.25, 0.3) is 22.0 Å². The van der Waals surface area contributed by atoms with Gasteiger partial charge in [0.15, 0.2) is 0 Å². The zero-order valence-corrected chi connectivity index (χ0v) is 18.6. The lowest BCUT2D eigenvalue weighted by Crippen LogP contribution is -2.39. The first kappa shape index (κ1) is 21.2. The average molecular weight is 446 g/mol. The Morgan fingerprint density at radius 3 is 2.61 bits per heavy atom. The van der Waals surface area contributed by atoms with Crippen molar-refractivity contribution < 1.29 is 14.3 Å². The van der Waals surface area contributed by atoms with Crippen molar-refractivity contribution in [3.05, 3.63) is 53.7 Å². The van der Waals surface area contributed by atoms with Gasteiger partial charge < -0.3 is 20.7 Å². The maximum Gasteiger partial charge on any atom is 0.404 e. The molecule has 0 atom stereocenters. The van der Waals surface area contributed by atoms with E-state index in [1.165, 1.54) is 0 Å². The number of rotatable bonds is 5. The Bertz CT molecular complexity index is 1220. The third kappa shape index (κ3) is 4.74. The number of benzene rings is 2. The maximum absolute atomic E-state index is 12.5. The summed E-state index contributed by atoms with van der Waals surface area (Å²) in [6.07, 6.45) is 4.50. The largest absolute Gasteiger partial charge is 0.446 e. The Morgan fingerprint density at radius 2 is 1.88 bits per heavy atom. The van der Waals surface area contributed by atoms with E-state index in [0.717, 1.165) is 40.4 Å². The van der Waals surface area contributed by atoms with Crippen LogP contribution in [0.4, 0.5) is 10.7 Å². The molecule has 8 heteroatoms. The maximum atomic E-state index is 12.5. The number of aromatic nitrogens is 2. The van der Waals surface area contributed by atoms with Gasteiger partial charge in [-0.15, -0.1) is 0 Å². The third-order valence-corrected chi connectivity index (χ3v) is 6.30. The van der Waals surface area contributed by atoms with Gasteiger partial charge in [-0.25, -0.2) is 14.8 Å². The summed E-state index contributed by atoms with van der Waals surface area (Å²) in [4.78, 5) is 34.9. The number of hydrogen-bond donors (Lipinski definition) is 2. The summed E-state index contributed by atoms with van der Waals surface area (Å²) in [5.41, 5.74) is 9.82. The molecule has 2 aliphatic rings. The first-order valence-corrected chi connectivity index (χ1v) is 11.4. The highest BCUT2D eigenvalue weighted by Crippen LogP contribution is 2.29. The number of nitrogens with two attached hydrogens (primary N) is 1. The molecule has 1 saturated carbocycles. The predicted molar refractivity (Wildman–Crippen MR) is 126 cm³/mol. The molecule has 8 nitrogen and oxygen atoms in total. The van der Waals surface area contributed by atoms with E-state index in [0.29, 0.717) is 43.5 Å². The number of anilines is 1. The van der Waals surface area contributed by atoms with Crippen molar-refractivity contribution >= 4 is 28.9 Å². The van der Waals surface area contributed by atoms with Crippen molar-refractivity contribution in [3.63, 3.8) is 0 Å². The minimum atomic E-state index is -0.726. The van der Waals surface area contributed by atoms with E-state index in [9.17, 15) is 9.59 Å². The highest BCUT2D eigenvalue weighted by molar-refractivity contribution is 5.96. The van der Waals surface area contributed by atoms with Gasteiger partial charge in [-0.05, 0) is 60.7 Å². The van der Waals surface area contributed by atoms with E-state index in [2.05, 4.69) is 21.3 Å². The van der Waals surface area contributed by atoms with Gasteiger partial charge in [0.1, 0.15) is 6.10 Å². The molecule has 1 aliphatic heterocycles. The number of carbonyl (C=O) groups excluding carboxylic acids is 2. The number of aryl methyl sites for hydroxylation is 1. The van der Waals surface area contributed by atoms with Crippen molar-refractivity contribution in [2.75, 3.05) is 18.0 Å². The van der Waals surface area contributed by atoms with E-state index in [1.54, 1.807) is 0 Å². The van der Waals surface area contributed by atoms with Crippen LogP contribution in [0, 0.1) is 6.92 Å². The van der Waals surface area contributed by atoms with Gasteiger partial charge >= 0.3 is 6.09 Å². The number of nitrogens with one attached hydrogen (secondary N) is 1. The van der Waals surface area contributed by atoms with Gasteiger partial charge in [-0.3, -0.25) is 4.79 Å². The molecular formula is C25H27N5O3. The highest BCUT2D eigenvalue weighted by atomic mass is 16.6. The van der Waals surface area contributed by atoms with Crippen LogP contribution < -0.4 is 16.0 Å².